The predicted molar refractivity (Wildman–Crippen MR) is 70.1 cm³/mol. The predicted octanol–water partition coefficient (Wildman–Crippen LogP) is 2.74. The molecular formula is C15H17NO. The minimum Gasteiger partial charge on any atom is -0.496 e. The molecule has 0 amide bonds. The highest BCUT2D eigenvalue weighted by Crippen LogP contribution is 2.20. The van der Waals surface area contributed by atoms with Crippen LogP contribution >= 0.6 is 0 Å². The van der Waals surface area contributed by atoms with E-state index in [1.807, 2.05) is 18.2 Å². The van der Waals surface area contributed by atoms with Crippen LogP contribution in [0.1, 0.15) is 16.7 Å². The van der Waals surface area contributed by atoms with Crippen LogP contribution in [0, 0.1) is 0 Å². The molecule has 0 aliphatic heterocycles. The van der Waals surface area contributed by atoms with Gasteiger partial charge in [-0.25, -0.2) is 0 Å². The lowest BCUT2D eigenvalue weighted by molar-refractivity contribution is 0.410. The summed E-state index contributed by atoms with van der Waals surface area (Å²) in [6.07, 6.45) is 0.884. The molecule has 2 rings (SSSR count). The van der Waals surface area contributed by atoms with E-state index in [2.05, 4.69) is 30.3 Å². The van der Waals surface area contributed by atoms with Crippen molar-refractivity contribution in [3.63, 3.8) is 0 Å². The van der Waals surface area contributed by atoms with Gasteiger partial charge >= 0.3 is 0 Å². The van der Waals surface area contributed by atoms with Gasteiger partial charge in [0, 0.05) is 13.0 Å². The minimum absolute atomic E-state index is 0.592. The SMILES string of the molecule is COc1ccccc1Cc1ccc(CN)cc1. The van der Waals surface area contributed by atoms with Crippen LogP contribution in [0.15, 0.2) is 48.5 Å². The number of para-hydroxylation sites is 1. The zero-order valence-electron chi connectivity index (χ0n) is 10.0. The van der Waals surface area contributed by atoms with Crippen LogP contribution in [0.3, 0.4) is 0 Å². The van der Waals surface area contributed by atoms with Gasteiger partial charge < -0.3 is 10.5 Å². The van der Waals surface area contributed by atoms with Gasteiger partial charge in [-0.05, 0) is 22.8 Å². The lowest BCUT2D eigenvalue weighted by Crippen LogP contribution is -1.97. The summed E-state index contributed by atoms with van der Waals surface area (Å²) < 4.78 is 5.34. The second kappa shape index (κ2) is 5.51. The zero-order chi connectivity index (χ0) is 12.1. The Hall–Kier alpha value is -1.80. The highest BCUT2D eigenvalue weighted by molar-refractivity contribution is 5.38. The van der Waals surface area contributed by atoms with E-state index in [9.17, 15) is 0 Å². The fourth-order valence-corrected chi connectivity index (χ4v) is 1.86. The summed E-state index contributed by atoms with van der Waals surface area (Å²) in [5, 5.41) is 0. The molecule has 2 N–H and O–H groups in total. The average molecular weight is 227 g/mol. The summed E-state index contributed by atoms with van der Waals surface area (Å²) >= 11 is 0. The smallest absolute Gasteiger partial charge is 0.122 e. The second-order valence-corrected chi connectivity index (χ2v) is 4.01. The van der Waals surface area contributed by atoms with Crippen LogP contribution in [0.25, 0.3) is 0 Å². The van der Waals surface area contributed by atoms with Crippen LogP contribution in [-0.2, 0) is 13.0 Å². The van der Waals surface area contributed by atoms with Crippen molar-refractivity contribution in [2.45, 2.75) is 13.0 Å². The van der Waals surface area contributed by atoms with Gasteiger partial charge in [0.05, 0.1) is 7.11 Å². The first-order valence-corrected chi connectivity index (χ1v) is 5.73. The third-order valence-electron chi connectivity index (χ3n) is 2.85. The minimum atomic E-state index is 0.592. The number of benzene rings is 2. The van der Waals surface area contributed by atoms with Crippen molar-refractivity contribution in [3.8, 4) is 5.75 Å². The largest absolute Gasteiger partial charge is 0.496 e. The van der Waals surface area contributed by atoms with E-state index in [-0.39, 0.29) is 0 Å². The lowest BCUT2D eigenvalue weighted by Gasteiger charge is -2.08. The molecule has 0 saturated carbocycles. The van der Waals surface area contributed by atoms with Crippen molar-refractivity contribution in [2.75, 3.05) is 7.11 Å². The Morgan fingerprint density at radius 1 is 0.941 bits per heavy atom. The van der Waals surface area contributed by atoms with Crippen LogP contribution in [0.4, 0.5) is 0 Å². The summed E-state index contributed by atoms with van der Waals surface area (Å²) in [7, 11) is 1.70. The molecule has 0 saturated heterocycles. The maximum atomic E-state index is 5.58. The summed E-state index contributed by atoms with van der Waals surface area (Å²) in [4.78, 5) is 0. The van der Waals surface area contributed by atoms with Crippen molar-refractivity contribution in [1.82, 2.24) is 0 Å². The molecule has 17 heavy (non-hydrogen) atoms. The van der Waals surface area contributed by atoms with E-state index in [1.54, 1.807) is 7.11 Å². The highest BCUT2D eigenvalue weighted by atomic mass is 16.5. The zero-order valence-corrected chi connectivity index (χ0v) is 10.0. The highest BCUT2D eigenvalue weighted by Gasteiger charge is 2.02. The van der Waals surface area contributed by atoms with Gasteiger partial charge in [-0.15, -0.1) is 0 Å². The quantitative estimate of drug-likeness (QED) is 0.871. The molecule has 2 aromatic carbocycles. The normalized spacial score (nSPS) is 10.2. The van der Waals surface area contributed by atoms with Gasteiger partial charge in [-0.2, -0.15) is 0 Å². The summed E-state index contributed by atoms with van der Waals surface area (Å²) in [6.45, 7) is 0.592. The maximum Gasteiger partial charge on any atom is 0.122 e. The summed E-state index contributed by atoms with van der Waals surface area (Å²) in [5.41, 5.74) is 9.21. The van der Waals surface area contributed by atoms with Crippen molar-refractivity contribution in [3.05, 3.63) is 65.2 Å². The molecule has 2 nitrogen and oxygen atoms in total. The molecule has 0 spiro atoms. The molecule has 0 radical (unpaired) electrons. The van der Waals surface area contributed by atoms with Gasteiger partial charge in [-0.3, -0.25) is 0 Å². The van der Waals surface area contributed by atoms with Gasteiger partial charge in [0.25, 0.3) is 0 Å². The monoisotopic (exact) mass is 227 g/mol. The number of methoxy groups -OCH3 is 1. The van der Waals surface area contributed by atoms with Crippen LogP contribution < -0.4 is 10.5 Å². The Balaban J connectivity index is 2.19. The summed E-state index contributed by atoms with van der Waals surface area (Å²) in [6, 6.07) is 16.5. The topological polar surface area (TPSA) is 35.2 Å². The van der Waals surface area contributed by atoms with E-state index in [1.165, 1.54) is 11.1 Å². The standard InChI is InChI=1S/C15H17NO/c1-17-15-5-3-2-4-14(15)10-12-6-8-13(11-16)9-7-12/h2-9H,10-11,16H2,1H3. The average Bonchev–Trinajstić information content (AvgIpc) is 2.40. The van der Waals surface area contributed by atoms with Gasteiger partial charge in [0.1, 0.15) is 5.75 Å². The van der Waals surface area contributed by atoms with Crippen LogP contribution in [0.2, 0.25) is 0 Å². The molecule has 0 aliphatic carbocycles. The van der Waals surface area contributed by atoms with E-state index in [0.29, 0.717) is 6.54 Å². The Morgan fingerprint density at radius 3 is 2.24 bits per heavy atom. The van der Waals surface area contributed by atoms with E-state index in [0.717, 1.165) is 17.7 Å². The molecule has 0 fully saturated rings. The molecule has 0 heterocycles. The Labute approximate surface area is 102 Å². The lowest BCUT2D eigenvalue weighted by atomic mass is 10.0. The van der Waals surface area contributed by atoms with Crippen molar-refractivity contribution in [1.29, 1.82) is 0 Å². The Morgan fingerprint density at radius 2 is 1.59 bits per heavy atom. The number of hydrogen-bond acceptors (Lipinski definition) is 2. The second-order valence-electron chi connectivity index (χ2n) is 4.01. The molecule has 0 bridgehead atoms. The number of nitrogens with two attached hydrogens (primary N) is 1. The van der Waals surface area contributed by atoms with E-state index in [4.69, 9.17) is 10.5 Å². The Bertz CT molecular complexity index is 477. The number of hydrogen-bond donors (Lipinski definition) is 1. The van der Waals surface area contributed by atoms with Crippen molar-refractivity contribution < 1.29 is 4.74 Å². The molecule has 2 heteroatoms. The fourth-order valence-electron chi connectivity index (χ4n) is 1.86. The molecule has 2 aromatic rings. The first-order chi connectivity index (χ1) is 8.33. The van der Waals surface area contributed by atoms with E-state index < -0.39 is 0 Å². The van der Waals surface area contributed by atoms with Gasteiger partial charge in [0.15, 0.2) is 0 Å². The number of rotatable bonds is 4. The van der Waals surface area contributed by atoms with Crippen molar-refractivity contribution in [2.24, 2.45) is 5.73 Å². The van der Waals surface area contributed by atoms with Crippen LogP contribution in [0.5, 0.6) is 5.75 Å². The fraction of sp³-hybridized carbons (Fsp3) is 0.200. The summed E-state index contributed by atoms with van der Waals surface area (Å²) in [5.74, 6) is 0.940. The first kappa shape index (κ1) is 11.7. The molecule has 0 aliphatic rings. The third-order valence-corrected chi connectivity index (χ3v) is 2.85. The maximum absolute atomic E-state index is 5.58. The van der Waals surface area contributed by atoms with Gasteiger partial charge in [0.2, 0.25) is 0 Å². The first-order valence-electron chi connectivity index (χ1n) is 5.73. The molecular weight excluding hydrogens is 210 g/mol. The molecule has 88 valence electrons. The van der Waals surface area contributed by atoms with Crippen LogP contribution in [-0.4, -0.2) is 7.11 Å². The van der Waals surface area contributed by atoms with Gasteiger partial charge in [-0.1, -0.05) is 42.5 Å². The van der Waals surface area contributed by atoms with E-state index >= 15 is 0 Å². The molecule has 0 unspecified atom stereocenters. The third kappa shape index (κ3) is 2.86. The van der Waals surface area contributed by atoms with Crippen molar-refractivity contribution >= 4 is 0 Å². The Kier molecular flexibility index (Phi) is 3.78. The molecule has 0 aromatic heterocycles. The number of ether oxygens (including phenoxy) is 1. The molecule has 0 atom stereocenters.